The van der Waals surface area contributed by atoms with Gasteiger partial charge in [0, 0.05) is 23.7 Å². The smallest absolute Gasteiger partial charge is 0.273 e. The molecule has 0 saturated heterocycles. The summed E-state index contributed by atoms with van der Waals surface area (Å²) in [7, 11) is 2.94. The fraction of sp³-hybridized carbons (Fsp3) is 0.292. The maximum atomic E-state index is 12.1. The van der Waals surface area contributed by atoms with Crippen molar-refractivity contribution in [1.82, 2.24) is 5.32 Å². The summed E-state index contributed by atoms with van der Waals surface area (Å²) in [5.41, 5.74) is 4.46. The molecule has 0 bridgehead atoms. The molecule has 0 unspecified atom stereocenters. The van der Waals surface area contributed by atoms with Crippen molar-refractivity contribution in [2.45, 2.75) is 32.3 Å². The summed E-state index contributed by atoms with van der Waals surface area (Å²) >= 11 is 0. The molecule has 1 aliphatic carbocycles. The van der Waals surface area contributed by atoms with Crippen molar-refractivity contribution in [3.05, 3.63) is 70.8 Å². The highest BCUT2D eigenvalue weighted by atomic mass is 16.6. The molecule has 0 spiro atoms. The zero-order valence-electron chi connectivity index (χ0n) is 17.4. The average molecular weight is 403 g/mol. The van der Waals surface area contributed by atoms with Crippen LogP contribution in [0.4, 0.5) is 0 Å². The molecule has 0 heterocycles. The lowest BCUT2D eigenvalue weighted by molar-refractivity contribution is -0.114. The zero-order valence-corrected chi connectivity index (χ0v) is 17.4. The second-order valence-corrected chi connectivity index (χ2v) is 6.96. The molecule has 2 aromatic carbocycles. The third-order valence-corrected chi connectivity index (χ3v) is 4.67. The van der Waals surface area contributed by atoms with Gasteiger partial charge in [-0.1, -0.05) is 52.6 Å². The van der Waals surface area contributed by atoms with Crippen LogP contribution >= 0.6 is 0 Å². The van der Waals surface area contributed by atoms with Crippen molar-refractivity contribution in [3.63, 3.8) is 0 Å². The molecule has 1 N–H and O–H groups in total. The van der Waals surface area contributed by atoms with Gasteiger partial charge in [-0.25, -0.2) is 0 Å². The van der Waals surface area contributed by atoms with Gasteiger partial charge in [-0.15, -0.1) is 0 Å². The van der Waals surface area contributed by atoms with Crippen LogP contribution in [-0.2, 0) is 21.1 Å². The Bertz CT molecular complexity index is 1010. The molecular weight excluding hydrogens is 378 g/mol. The van der Waals surface area contributed by atoms with E-state index in [4.69, 9.17) is 9.68 Å². The first-order valence-electron chi connectivity index (χ1n) is 9.82. The van der Waals surface area contributed by atoms with Gasteiger partial charge >= 0.3 is 0 Å². The molecule has 0 aromatic heterocycles. The fourth-order valence-electron chi connectivity index (χ4n) is 2.94. The molecule has 0 radical (unpaired) electrons. The van der Waals surface area contributed by atoms with Gasteiger partial charge in [0.1, 0.15) is 19.4 Å². The summed E-state index contributed by atoms with van der Waals surface area (Å²) in [6.07, 6.45) is 2.58. The van der Waals surface area contributed by atoms with E-state index in [1.807, 2.05) is 30.3 Å². The van der Waals surface area contributed by atoms with E-state index in [9.17, 15) is 4.79 Å². The van der Waals surface area contributed by atoms with Crippen molar-refractivity contribution in [2.75, 3.05) is 14.2 Å². The van der Waals surface area contributed by atoms with Crippen molar-refractivity contribution >= 4 is 17.3 Å². The van der Waals surface area contributed by atoms with E-state index in [1.54, 1.807) is 20.0 Å². The van der Waals surface area contributed by atoms with Gasteiger partial charge in [0.25, 0.3) is 5.91 Å². The van der Waals surface area contributed by atoms with Gasteiger partial charge in [0.05, 0.1) is 0 Å². The fourth-order valence-corrected chi connectivity index (χ4v) is 2.94. The van der Waals surface area contributed by atoms with E-state index in [0.29, 0.717) is 11.3 Å². The molecule has 6 heteroatoms. The standard InChI is InChI=1S/C24H25N3O3/c1-17(8-9-18-10-12-19(13-11-18)20-14-15-20)26-30-16-21-6-4-5-7-22(21)23(27-29-3)24(28)25-2/h4-7,10-13,20H,14-16H2,1-3H3,(H,25,28)/b26-17+,27-23+. The molecular formula is C24H25N3O3. The van der Waals surface area contributed by atoms with Crippen LogP contribution in [0, 0.1) is 11.8 Å². The SMILES string of the molecule is CNC(=O)/C(=N/OC)c1ccccc1CO/N=C(\C)C#Cc1ccc(C2CC2)cc1. The molecule has 6 nitrogen and oxygen atoms in total. The zero-order chi connectivity index (χ0) is 21.3. The molecule has 30 heavy (non-hydrogen) atoms. The topological polar surface area (TPSA) is 72.3 Å². The third kappa shape index (κ3) is 5.71. The Morgan fingerprint density at radius 1 is 1.13 bits per heavy atom. The van der Waals surface area contributed by atoms with Crippen molar-refractivity contribution in [3.8, 4) is 11.8 Å². The van der Waals surface area contributed by atoms with E-state index < -0.39 is 0 Å². The Balaban J connectivity index is 1.65. The quantitative estimate of drug-likeness (QED) is 0.436. The highest BCUT2D eigenvalue weighted by Crippen LogP contribution is 2.39. The van der Waals surface area contributed by atoms with Gasteiger partial charge < -0.3 is 15.0 Å². The van der Waals surface area contributed by atoms with E-state index in [0.717, 1.165) is 17.0 Å². The summed E-state index contributed by atoms with van der Waals surface area (Å²) in [5.74, 6) is 6.50. The number of nitrogens with zero attached hydrogens (tertiary/aromatic N) is 2. The first-order valence-corrected chi connectivity index (χ1v) is 9.82. The molecule has 154 valence electrons. The van der Waals surface area contributed by atoms with E-state index >= 15 is 0 Å². The van der Waals surface area contributed by atoms with E-state index in [1.165, 1.54) is 25.5 Å². The number of oxime groups is 2. The van der Waals surface area contributed by atoms with Gasteiger partial charge in [0.2, 0.25) is 0 Å². The van der Waals surface area contributed by atoms with Gasteiger partial charge in [-0.05, 0) is 49.3 Å². The van der Waals surface area contributed by atoms with Crippen LogP contribution in [0.1, 0.15) is 47.9 Å². The average Bonchev–Trinajstić information content (AvgIpc) is 3.62. The number of benzene rings is 2. The minimum atomic E-state index is -0.345. The summed E-state index contributed by atoms with van der Waals surface area (Å²) in [6.45, 7) is 1.96. The maximum absolute atomic E-state index is 12.1. The lowest BCUT2D eigenvalue weighted by Gasteiger charge is -2.09. The molecule has 0 aliphatic heterocycles. The van der Waals surface area contributed by atoms with Gasteiger partial charge in [-0.3, -0.25) is 4.79 Å². The van der Waals surface area contributed by atoms with Crippen LogP contribution in [0.5, 0.6) is 0 Å². The maximum Gasteiger partial charge on any atom is 0.273 e. The van der Waals surface area contributed by atoms with Crippen molar-refractivity contribution in [2.24, 2.45) is 10.3 Å². The third-order valence-electron chi connectivity index (χ3n) is 4.67. The second kappa shape index (κ2) is 10.3. The highest BCUT2D eigenvalue weighted by Gasteiger charge is 2.22. The monoisotopic (exact) mass is 403 g/mol. The normalized spacial score (nSPS) is 13.8. The number of hydrogen-bond acceptors (Lipinski definition) is 5. The van der Waals surface area contributed by atoms with Gasteiger partial charge in [0.15, 0.2) is 5.71 Å². The molecule has 1 amide bonds. The molecule has 1 fully saturated rings. The highest BCUT2D eigenvalue weighted by molar-refractivity contribution is 6.45. The second-order valence-electron chi connectivity index (χ2n) is 6.96. The van der Waals surface area contributed by atoms with E-state index in [2.05, 4.69) is 39.6 Å². The first kappa shape index (κ1) is 21.1. The minimum absolute atomic E-state index is 0.172. The summed E-state index contributed by atoms with van der Waals surface area (Å²) in [6, 6.07) is 15.7. The minimum Gasteiger partial charge on any atom is -0.398 e. The Kier molecular flexibility index (Phi) is 7.23. The number of hydrogen-bond donors (Lipinski definition) is 1. The predicted molar refractivity (Wildman–Crippen MR) is 117 cm³/mol. The summed E-state index contributed by atoms with van der Waals surface area (Å²) < 4.78 is 0. The lowest BCUT2D eigenvalue weighted by Crippen LogP contribution is -2.29. The lowest BCUT2D eigenvalue weighted by atomic mass is 10.0. The number of carbonyl (C=O) groups is 1. The number of nitrogens with one attached hydrogen (secondary N) is 1. The number of amides is 1. The molecule has 1 aliphatic rings. The summed E-state index contributed by atoms with van der Waals surface area (Å²) in [5, 5.41) is 10.5. The van der Waals surface area contributed by atoms with Gasteiger partial charge in [-0.2, -0.15) is 0 Å². The number of likely N-dealkylation sites (N-methyl/N-ethyl adjacent to an activating group) is 1. The molecule has 3 rings (SSSR count). The van der Waals surface area contributed by atoms with Crippen molar-refractivity contribution < 1.29 is 14.5 Å². The van der Waals surface area contributed by atoms with Crippen LogP contribution < -0.4 is 5.32 Å². The number of carbonyl (C=O) groups excluding carboxylic acids is 1. The van der Waals surface area contributed by atoms with Crippen LogP contribution in [0.25, 0.3) is 0 Å². The molecule has 2 aromatic rings. The Morgan fingerprint density at radius 2 is 1.87 bits per heavy atom. The first-order chi connectivity index (χ1) is 14.6. The van der Waals surface area contributed by atoms with Crippen LogP contribution in [-0.4, -0.2) is 31.5 Å². The Hall–Kier alpha value is -3.59. The molecule has 0 atom stereocenters. The number of rotatable bonds is 7. The Labute approximate surface area is 176 Å². The summed E-state index contributed by atoms with van der Waals surface area (Å²) in [4.78, 5) is 22.4. The Morgan fingerprint density at radius 3 is 2.53 bits per heavy atom. The van der Waals surface area contributed by atoms with E-state index in [-0.39, 0.29) is 18.2 Å². The van der Waals surface area contributed by atoms with Crippen LogP contribution in [0.2, 0.25) is 0 Å². The van der Waals surface area contributed by atoms with Crippen LogP contribution in [0.15, 0.2) is 58.8 Å². The largest absolute Gasteiger partial charge is 0.398 e. The predicted octanol–water partition coefficient (Wildman–Crippen LogP) is 3.60. The van der Waals surface area contributed by atoms with Crippen LogP contribution in [0.3, 0.4) is 0 Å². The van der Waals surface area contributed by atoms with Crippen molar-refractivity contribution in [1.29, 1.82) is 0 Å². The molecule has 1 saturated carbocycles.